The van der Waals surface area contributed by atoms with Crippen molar-refractivity contribution in [1.29, 1.82) is 0 Å². The van der Waals surface area contributed by atoms with Gasteiger partial charge in [-0.1, -0.05) is 0 Å². The zero-order valence-corrected chi connectivity index (χ0v) is 11.8. The number of rotatable bonds is 4. The number of ether oxygens (including phenoxy) is 2. The highest BCUT2D eigenvalue weighted by molar-refractivity contribution is 7.89. The molecule has 0 unspecified atom stereocenters. The molecule has 0 saturated carbocycles. The van der Waals surface area contributed by atoms with Gasteiger partial charge in [0.05, 0.1) is 18.1 Å². The van der Waals surface area contributed by atoms with Crippen molar-refractivity contribution in [2.75, 3.05) is 26.4 Å². The first kappa shape index (κ1) is 13.8. The Morgan fingerprint density at radius 1 is 1.35 bits per heavy atom. The molecule has 2 aliphatic rings. The van der Waals surface area contributed by atoms with Gasteiger partial charge in [0.1, 0.15) is 11.4 Å². The van der Waals surface area contributed by atoms with Crippen LogP contribution < -0.4 is 9.46 Å². The Balaban J connectivity index is 1.74. The van der Waals surface area contributed by atoms with E-state index in [4.69, 9.17) is 9.47 Å². The normalized spacial score (nSPS) is 25.4. The average molecular weight is 299 g/mol. The van der Waals surface area contributed by atoms with Crippen LogP contribution in [-0.4, -0.2) is 45.5 Å². The fourth-order valence-corrected chi connectivity index (χ4v) is 3.55. The molecule has 1 aromatic carbocycles. The lowest BCUT2D eigenvalue weighted by Gasteiger charge is -2.20. The highest BCUT2D eigenvalue weighted by Crippen LogP contribution is 2.27. The van der Waals surface area contributed by atoms with Gasteiger partial charge in [0, 0.05) is 26.0 Å². The van der Waals surface area contributed by atoms with Crippen molar-refractivity contribution in [2.24, 2.45) is 0 Å². The van der Waals surface area contributed by atoms with Gasteiger partial charge in [0.25, 0.3) is 0 Å². The standard InChI is InChI=1S/C13H17NO5S/c15-13(4-6-18-9-13)8-14-20(16,17)11-1-2-12-10(7-11)3-5-19-12/h1-2,7,14-15H,3-6,8-9H2/t13-/m0/s1. The molecular formula is C13H17NO5S. The van der Waals surface area contributed by atoms with E-state index in [9.17, 15) is 13.5 Å². The van der Waals surface area contributed by atoms with Crippen molar-refractivity contribution in [3.63, 3.8) is 0 Å². The van der Waals surface area contributed by atoms with Crippen LogP contribution in [0.1, 0.15) is 12.0 Å². The second-order valence-electron chi connectivity index (χ2n) is 5.22. The minimum atomic E-state index is -3.63. The van der Waals surface area contributed by atoms with Crippen LogP contribution >= 0.6 is 0 Å². The molecule has 2 N–H and O–H groups in total. The summed E-state index contributed by atoms with van der Waals surface area (Å²) in [6.45, 7) is 1.16. The fraction of sp³-hybridized carbons (Fsp3) is 0.538. The molecule has 2 heterocycles. The Morgan fingerprint density at radius 3 is 2.95 bits per heavy atom. The van der Waals surface area contributed by atoms with E-state index in [1.807, 2.05) is 0 Å². The Kier molecular flexibility index (Phi) is 3.45. The highest BCUT2D eigenvalue weighted by Gasteiger charge is 2.33. The van der Waals surface area contributed by atoms with E-state index in [1.165, 1.54) is 6.07 Å². The molecule has 1 aromatic rings. The van der Waals surface area contributed by atoms with Gasteiger partial charge in [-0.3, -0.25) is 0 Å². The quantitative estimate of drug-likeness (QED) is 0.821. The van der Waals surface area contributed by atoms with Gasteiger partial charge < -0.3 is 14.6 Å². The summed E-state index contributed by atoms with van der Waals surface area (Å²) in [6, 6.07) is 4.81. The fourth-order valence-electron chi connectivity index (χ4n) is 2.38. The lowest BCUT2D eigenvalue weighted by Crippen LogP contribution is -2.43. The third-order valence-corrected chi connectivity index (χ3v) is 5.04. The summed E-state index contributed by atoms with van der Waals surface area (Å²) in [4.78, 5) is 0.198. The maximum absolute atomic E-state index is 12.2. The van der Waals surface area contributed by atoms with Gasteiger partial charge in [0.15, 0.2) is 0 Å². The molecule has 3 rings (SSSR count). The Morgan fingerprint density at radius 2 is 2.20 bits per heavy atom. The summed E-state index contributed by atoms with van der Waals surface area (Å²) < 4.78 is 37.3. The number of fused-ring (bicyclic) bond motifs is 1. The maximum atomic E-state index is 12.2. The van der Waals surface area contributed by atoms with Crippen molar-refractivity contribution in [3.05, 3.63) is 23.8 Å². The molecule has 0 radical (unpaired) electrons. The zero-order valence-electron chi connectivity index (χ0n) is 11.0. The van der Waals surface area contributed by atoms with Crippen molar-refractivity contribution >= 4 is 10.0 Å². The first-order valence-electron chi connectivity index (χ1n) is 6.54. The van der Waals surface area contributed by atoms with Crippen LogP contribution in [0.3, 0.4) is 0 Å². The van der Waals surface area contributed by atoms with Crippen LogP contribution in [0.15, 0.2) is 23.1 Å². The largest absolute Gasteiger partial charge is 0.493 e. The lowest BCUT2D eigenvalue weighted by molar-refractivity contribution is 0.0314. The molecule has 0 aromatic heterocycles. The highest BCUT2D eigenvalue weighted by atomic mass is 32.2. The smallest absolute Gasteiger partial charge is 0.240 e. The van der Waals surface area contributed by atoms with E-state index in [0.29, 0.717) is 19.6 Å². The molecule has 1 fully saturated rings. The third kappa shape index (κ3) is 2.67. The van der Waals surface area contributed by atoms with Gasteiger partial charge in [-0.15, -0.1) is 0 Å². The molecule has 110 valence electrons. The van der Waals surface area contributed by atoms with Crippen molar-refractivity contribution in [2.45, 2.75) is 23.3 Å². The van der Waals surface area contributed by atoms with E-state index in [1.54, 1.807) is 12.1 Å². The number of sulfonamides is 1. The van der Waals surface area contributed by atoms with E-state index >= 15 is 0 Å². The Bertz CT molecular complexity index is 607. The lowest BCUT2D eigenvalue weighted by atomic mass is 10.1. The SMILES string of the molecule is O=S(=O)(NC[C@@]1(O)CCOC1)c1ccc2c(c1)CCO2. The molecule has 1 saturated heterocycles. The topological polar surface area (TPSA) is 84.9 Å². The van der Waals surface area contributed by atoms with E-state index in [0.717, 1.165) is 17.7 Å². The van der Waals surface area contributed by atoms with Crippen molar-refractivity contribution < 1.29 is 23.0 Å². The molecule has 0 spiro atoms. The van der Waals surface area contributed by atoms with Crippen LogP contribution in [0, 0.1) is 0 Å². The molecule has 0 bridgehead atoms. The molecule has 6 nitrogen and oxygen atoms in total. The van der Waals surface area contributed by atoms with Gasteiger partial charge in [-0.25, -0.2) is 13.1 Å². The van der Waals surface area contributed by atoms with Gasteiger partial charge in [-0.05, 0) is 23.8 Å². The van der Waals surface area contributed by atoms with E-state index < -0.39 is 15.6 Å². The molecule has 20 heavy (non-hydrogen) atoms. The maximum Gasteiger partial charge on any atom is 0.240 e. The minimum absolute atomic E-state index is 0.0388. The molecule has 0 amide bonds. The summed E-state index contributed by atoms with van der Waals surface area (Å²) in [5.41, 5.74) is -0.205. The molecular weight excluding hydrogens is 282 g/mol. The summed E-state index contributed by atoms with van der Waals surface area (Å²) in [5, 5.41) is 10.1. The number of hydrogen-bond acceptors (Lipinski definition) is 5. The van der Waals surface area contributed by atoms with Crippen LogP contribution in [0.25, 0.3) is 0 Å². The van der Waals surface area contributed by atoms with Gasteiger partial charge in [-0.2, -0.15) is 0 Å². The van der Waals surface area contributed by atoms with E-state index in [2.05, 4.69) is 4.72 Å². The van der Waals surface area contributed by atoms with Crippen LogP contribution in [0.5, 0.6) is 5.75 Å². The first-order valence-corrected chi connectivity index (χ1v) is 8.02. The molecule has 7 heteroatoms. The van der Waals surface area contributed by atoms with Crippen LogP contribution in [0.2, 0.25) is 0 Å². The van der Waals surface area contributed by atoms with Crippen LogP contribution in [0.4, 0.5) is 0 Å². The van der Waals surface area contributed by atoms with Crippen molar-refractivity contribution in [1.82, 2.24) is 4.72 Å². The number of aliphatic hydroxyl groups is 1. The number of nitrogens with one attached hydrogen (secondary N) is 1. The summed E-state index contributed by atoms with van der Waals surface area (Å²) in [5.74, 6) is 0.742. The summed E-state index contributed by atoms with van der Waals surface area (Å²) in [6.07, 6.45) is 1.16. The van der Waals surface area contributed by atoms with Gasteiger partial charge in [0.2, 0.25) is 10.0 Å². The van der Waals surface area contributed by atoms with Gasteiger partial charge >= 0.3 is 0 Å². The predicted octanol–water partition coefficient (Wildman–Crippen LogP) is 0.0512. The molecule has 2 aliphatic heterocycles. The van der Waals surface area contributed by atoms with E-state index in [-0.39, 0.29) is 18.0 Å². The van der Waals surface area contributed by atoms with Crippen LogP contribution in [-0.2, 0) is 21.2 Å². The number of benzene rings is 1. The Labute approximate surface area is 117 Å². The summed E-state index contributed by atoms with van der Waals surface area (Å²) in [7, 11) is -3.63. The summed E-state index contributed by atoms with van der Waals surface area (Å²) >= 11 is 0. The first-order chi connectivity index (χ1) is 9.49. The minimum Gasteiger partial charge on any atom is -0.493 e. The zero-order chi connectivity index (χ0) is 14.2. The predicted molar refractivity (Wildman–Crippen MR) is 71.2 cm³/mol. The monoisotopic (exact) mass is 299 g/mol. The second-order valence-corrected chi connectivity index (χ2v) is 6.99. The average Bonchev–Trinajstić information content (AvgIpc) is 3.05. The van der Waals surface area contributed by atoms with Crippen molar-refractivity contribution in [3.8, 4) is 5.75 Å². The second kappa shape index (κ2) is 5.00. The number of hydrogen-bond donors (Lipinski definition) is 2. The third-order valence-electron chi connectivity index (χ3n) is 3.64. The molecule has 0 aliphatic carbocycles. The Hall–Kier alpha value is -1.15. The molecule has 1 atom stereocenters.